The molecule has 1 heterocycles. The first kappa shape index (κ1) is 13.8. The Labute approximate surface area is 100 Å². The standard InChI is InChI=1S/C10H16N2O4S/c1-7(2)4-8(13)5-10-11-9(12-16-10)6-17(3,14)15/h7H,4-6H2,1-3H3. The van der Waals surface area contributed by atoms with E-state index in [1.807, 2.05) is 13.8 Å². The fraction of sp³-hybridized carbons (Fsp3) is 0.700. The van der Waals surface area contributed by atoms with Crippen molar-refractivity contribution >= 4 is 15.6 Å². The van der Waals surface area contributed by atoms with Crippen LogP contribution in [-0.2, 0) is 26.8 Å². The van der Waals surface area contributed by atoms with Gasteiger partial charge in [-0.3, -0.25) is 4.79 Å². The lowest BCUT2D eigenvalue weighted by atomic mass is 10.1. The fourth-order valence-electron chi connectivity index (χ4n) is 1.35. The molecular weight excluding hydrogens is 244 g/mol. The topological polar surface area (TPSA) is 90.1 Å². The van der Waals surface area contributed by atoms with E-state index >= 15 is 0 Å². The number of carbonyl (C=O) groups excluding carboxylic acids is 1. The number of sulfone groups is 1. The average molecular weight is 260 g/mol. The van der Waals surface area contributed by atoms with Crippen LogP contribution in [0.1, 0.15) is 32.0 Å². The van der Waals surface area contributed by atoms with Crippen LogP contribution in [0.5, 0.6) is 0 Å². The molecule has 0 spiro atoms. The third-order valence-electron chi connectivity index (χ3n) is 1.89. The zero-order chi connectivity index (χ0) is 13.1. The zero-order valence-corrected chi connectivity index (χ0v) is 11.0. The molecule has 0 bridgehead atoms. The minimum Gasteiger partial charge on any atom is -0.339 e. The van der Waals surface area contributed by atoms with Gasteiger partial charge < -0.3 is 4.52 Å². The Morgan fingerprint density at radius 1 is 1.41 bits per heavy atom. The number of hydrogen-bond donors (Lipinski definition) is 0. The van der Waals surface area contributed by atoms with E-state index in [0.29, 0.717) is 6.42 Å². The van der Waals surface area contributed by atoms with E-state index in [2.05, 4.69) is 10.1 Å². The molecule has 0 aromatic carbocycles. The Morgan fingerprint density at radius 2 is 2.06 bits per heavy atom. The summed E-state index contributed by atoms with van der Waals surface area (Å²) in [4.78, 5) is 15.3. The van der Waals surface area contributed by atoms with Crippen molar-refractivity contribution in [1.82, 2.24) is 10.1 Å². The van der Waals surface area contributed by atoms with Crippen LogP contribution in [-0.4, -0.2) is 30.6 Å². The quantitative estimate of drug-likeness (QED) is 0.750. The van der Waals surface area contributed by atoms with E-state index in [1.54, 1.807) is 0 Å². The molecule has 1 aromatic rings. The van der Waals surface area contributed by atoms with Gasteiger partial charge in [-0.15, -0.1) is 0 Å². The number of ketones is 1. The second kappa shape index (κ2) is 5.39. The molecular formula is C10H16N2O4S. The molecule has 96 valence electrons. The summed E-state index contributed by atoms with van der Waals surface area (Å²) in [6.07, 6.45) is 1.60. The van der Waals surface area contributed by atoms with E-state index < -0.39 is 9.84 Å². The van der Waals surface area contributed by atoms with E-state index in [4.69, 9.17) is 4.52 Å². The fourth-order valence-corrected chi connectivity index (χ4v) is 1.94. The first-order chi connectivity index (χ1) is 7.76. The molecule has 7 heteroatoms. The minimum absolute atomic E-state index is 0.00885. The van der Waals surface area contributed by atoms with Gasteiger partial charge in [0.1, 0.15) is 11.5 Å². The van der Waals surface area contributed by atoms with Gasteiger partial charge in [-0.05, 0) is 5.92 Å². The van der Waals surface area contributed by atoms with Gasteiger partial charge in [-0.2, -0.15) is 4.98 Å². The van der Waals surface area contributed by atoms with Crippen LogP contribution in [0.3, 0.4) is 0 Å². The highest BCUT2D eigenvalue weighted by Crippen LogP contribution is 2.07. The van der Waals surface area contributed by atoms with Gasteiger partial charge >= 0.3 is 0 Å². The van der Waals surface area contributed by atoms with Crippen LogP contribution >= 0.6 is 0 Å². The molecule has 1 aromatic heterocycles. The summed E-state index contributed by atoms with van der Waals surface area (Å²) >= 11 is 0. The maximum Gasteiger partial charge on any atom is 0.234 e. The van der Waals surface area contributed by atoms with Crippen molar-refractivity contribution in [2.24, 2.45) is 5.92 Å². The lowest BCUT2D eigenvalue weighted by Crippen LogP contribution is -2.07. The van der Waals surface area contributed by atoms with Gasteiger partial charge in [0.2, 0.25) is 5.89 Å². The molecule has 0 unspecified atom stereocenters. The summed E-state index contributed by atoms with van der Waals surface area (Å²) in [5, 5.41) is 3.52. The highest BCUT2D eigenvalue weighted by Gasteiger charge is 2.15. The average Bonchev–Trinajstić information content (AvgIpc) is 2.46. The van der Waals surface area contributed by atoms with Crippen LogP contribution in [0.2, 0.25) is 0 Å². The number of rotatable bonds is 6. The van der Waals surface area contributed by atoms with Crippen LogP contribution in [0.15, 0.2) is 4.52 Å². The van der Waals surface area contributed by atoms with E-state index in [-0.39, 0.29) is 35.6 Å². The summed E-state index contributed by atoms with van der Waals surface area (Å²) in [6, 6.07) is 0. The Balaban J connectivity index is 2.60. The van der Waals surface area contributed by atoms with Crippen molar-refractivity contribution in [1.29, 1.82) is 0 Å². The van der Waals surface area contributed by atoms with Gasteiger partial charge in [-0.1, -0.05) is 19.0 Å². The zero-order valence-electron chi connectivity index (χ0n) is 10.1. The monoisotopic (exact) mass is 260 g/mol. The highest BCUT2D eigenvalue weighted by atomic mass is 32.2. The van der Waals surface area contributed by atoms with Crippen molar-refractivity contribution in [3.63, 3.8) is 0 Å². The molecule has 0 N–H and O–H groups in total. The number of aromatic nitrogens is 2. The molecule has 0 amide bonds. The molecule has 0 saturated heterocycles. The summed E-state index contributed by atoms with van der Waals surface area (Å²) in [7, 11) is -3.18. The van der Waals surface area contributed by atoms with Crippen molar-refractivity contribution in [3.8, 4) is 0 Å². The third kappa shape index (κ3) is 5.58. The number of hydrogen-bond acceptors (Lipinski definition) is 6. The molecule has 0 atom stereocenters. The van der Waals surface area contributed by atoms with E-state index in [1.165, 1.54) is 0 Å². The summed E-state index contributed by atoms with van der Waals surface area (Å²) in [6.45, 7) is 3.89. The Bertz CT molecular complexity index is 490. The molecule has 0 aliphatic heterocycles. The van der Waals surface area contributed by atoms with Crippen LogP contribution < -0.4 is 0 Å². The van der Waals surface area contributed by atoms with Gasteiger partial charge in [0.05, 0.1) is 6.42 Å². The van der Waals surface area contributed by atoms with E-state index in [0.717, 1.165) is 6.26 Å². The lowest BCUT2D eigenvalue weighted by Gasteiger charge is -2.00. The Kier molecular flexibility index (Phi) is 4.39. The van der Waals surface area contributed by atoms with Crippen LogP contribution in [0.4, 0.5) is 0 Å². The maximum atomic E-state index is 11.5. The molecule has 0 aliphatic carbocycles. The smallest absolute Gasteiger partial charge is 0.234 e. The number of carbonyl (C=O) groups is 1. The molecule has 0 radical (unpaired) electrons. The minimum atomic E-state index is -3.18. The van der Waals surface area contributed by atoms with Gasteiger partial charge in [0.25, 0.3) is 0 Å². The van der Waals surface area contributed by atoms with Gasteiger partial charge in [-0.25, -0.2) is 8.42 Å². The van der Waals surface area contributed by atoms with Crippen molar-refractivity contribution in [3.05, 3.63) is 11.7 Å². The Morgan fingerprint density at radius 3 is 2.59 bits per heavy atom. The second-order valence-corrected chi connectivity index (χ2v) is 6.63. The van der Waals surface area contributed by atoms with Crippen molar-refractivity contribution in [2.45, 2.75) is 32.4 Å². The predicted molar refractivity (Wildman–Crippen MR) is 61.0 cm³/mol. The predicted octanol–water partition coefficient (Wildman–Crippen LogP) is 0.772. The molecule has 17 heavy (non-hydrogen) atoms. The number of nitrogens with zero attached hydrogens (tertiary/aromatic N) is 2. The largest absolute Gasteiger partial charge is 0.339 e. The maximum absolute atomic E-state index is 11.5. The first-order valence-corrected chi connectivity index (χ1v) is 7.33. The molecule has 1 rings (SSSR count). The summed E-state index contributed by atoms with van der Waals surface area (Å²) in [5.41, 5.74) is 0. The van der Waals surface area contributed by atoms with Gasteiger partial charge in [0, 0.05) is 12.7 Å². The molecule has 0 aliphatic rings. The lowest BCUT2D eigenvalue weighted by molar-refractivity contribution is -0.119. The van der Waals surface area contributed by atoms with Crippen molar-refractivity contribution in [2.75, 3.05) is 6.26 Å². The van der Waals surface area contributed by atoms with Crippen molar-refractivity contribution < 1.29 is 17.7 Å². The highest BCUT2D eigenvalue weighted by molar-refractivity contribution is 7.89. The van der Waals surface area contributed by atoms with E-state index in [9.17, 15) is 13.2 Å². The summed E-state index contributed by atoms with van der Waals surface area (Å²) < 4.78 is 26.8. The first-order valence-electron chi connectivity index (χ1n) is 5.27. The Hall–Kier alpha value is -1.24. The van der Waals surface area contributed by atoms with Gasteiger partial charge in [0.15, 0.2) is 15.7 Å². The normalized spacial score (nSPS) is 12.0. The molecule has 0 saturated carbocycles. The van der Waals surface area contributed by atoms with Crippen LogP contribution in [0.25, 0.3) is 0 Å². The third-order valence-corrected chi connectivity index (χ3v) is 2.67. The van der Waals surface area contributed by atoms with Crippen LogP contribution in [0, 0.1) is 5.92 Å². The molecule has 0 fully saturated rings. The molecule has 6 nitrogen and oxygen atoms in total. The second-order valence-electron chi connectivity index (χ2n) is 4.49. The SMILES string of the molecule is CC(C)CC(=O)Cc1nc(CS(C)(=O)=O)no1. The summed E-state index contributed by atoms with van der Waals surface area (Å²) in [5.74, 6) is 0.291. The number of Topliss-reactive ketones (excluding diaryl/α,β-unsaturated/α-hetero) is 1.